The molecular weight excluding hydrogens is 741 g/mol. The Labute approximate surface area is 336 Å². The van der Waals surface area contributed by atoms with Crippen molar-refractivity contribution < 1.29 is 28.7 Å². The highest BCUT2D eigenvalue weighted by atomic mass is 16.5. The Hall–Kier alpha value is -6.32. The first-order valence-electron chi connectivity index (χ1n) is 19.7. The second kappa shape index (κ2) is 17.0. The van der Waals surface area contributed by atoms with Crippen molar-refractivity contribution in [1.82, 2.24) is 50.3 Å². The van der Waals surface area contributed by atoms with Crippen LogP contribution in [0.1, 0.15) is 77.1 Å². The standard InChI is InChI=1S/C42H50N10O6/c1-23(2)35(49-41(55)57-5)39(53)51-15-7-9-33(51)37-45-20-30(47-37)28-14-12-25-17-27(13-11-26(25)18-28)29-19-44-31(21-43-29)32-22-46-38(48-32)34-10-8-16-52(34)40(54)36(24(3)4)50-42(56)58-6/h11-14,17-24,33-36H,7-10,15-16H2,1-6H3,(H,45,47)(H,46,48)(H,49,55)(H,50,56)/t33?,34?,35-,36-/m0/s1. The minimum atomic E-state index is -0.709. The zero-order valence-corrected chi connectivity index (χ0v) is 33.6. The van der Waals surface area contributed by atoms with Crippen LogP contribution in [-0.4, -0.2) is 103 Å². The van der Waals surface area contributed by atoms with Crippen molar-refractivity contribution in [2.75, 3.05) is 27.3 Å². The summed E-state index contributed by atoms with van der Waals surface area (Å²) in [6, 6.07) is 10.5. The number of nitrogens with zero attached hydrogens (tertiary/aromatic N) is 6. The highest BCUT2D eigenvalue weighted by Crippen LogP contribution is 2.35. The minimum Gasteiger partial charge on any atom is -0.453 e. The average Bonchev–Trinajstić information content (AvgIpc) is 4.07. The van der Waals surface area contributed by atoms with E-state index in [1.54, 1.807) is 34.6 Å². The first-order chi connectivity index (χ1) is 27.9. The molecule has 0 spiro atoms. The molecule has 5 aromatic rings. The molecule has 3 aromatic heterocycles. The number of likely N-dealkylation sites (tertiary alicyclic amines) is 2. The lowest BCUT2D eigenvalue weighted by molar-refractivity contribution is -0.136. The molecule has 0 saturated carbocycles. The number of amides is 4. The predicted octanol–water partition coefficient (Wildman–Crippen LogP) is 6.17. The van der Waals surface area contributed by atoms with Crippen molar-refractivity contribution in [2.24, 2.45) is 11.8 Å². The van der Waals surface area contributed by atoms with Gasteiger partial charge in [0.05, 0.1) is 68.2 Å². The van der Waals surface area contributed by atoms with Crippen LogP contribution >= 0.6 is 0 Å². The summed E-state index contributed by atoms with van der Waals surface area (Å²) in [7, 11) is 2.57. The number of benzene rings is 2. The SMILES string of the molecule is COC(=O)N[C@H](C(=O)N1CCCC1c1ncc(-c2ccc3cc(-c4cnc(-c5cnc(C6CCCN6C(=O)[C@@H](NC(=O)OC)C(C)C)[nH]5)cn4)ccc3c2)[nH]1)C(C)C. The number of fused-ring (bicyclic) bond motifs is 1. The molecule has 304 valence electrons. The normalized spacial score (nSPS) is 17.8. The van der Waals surface area contributed by atoms with Crippen LogP contribution in [-0.2, 0) is 19.1 Å². The number of alkyl carbamates (subject to hydrolysis) is 2. The van der Waals surface area contributed by atoms with Crippen LogP contribution in [0.25, 0.3) is 44.7 Å². The van der Waals surface area contributed by atoms with E-state index in [9.17, 15) is 19.2 Å². The lowest BCUT2D eigenvalue weighted by atomic mass is 10.0. The number of methoxy groups -OCH3 is 2. The van der Waals surface area contributed by atoms with E-state index < -0.39 is 24.3 Å². The second-order valence-corrected chi connectivity index (χ2v) is 15.5. The predicted molar refractivity (Wildman–Crippen MR) is 216 cm³/mol. The van der Waals surface area contributed by atoms with Gasteiger partial charge >= 0.3 is 12.2 Å². The second-order valence-electron chi connectivity index (χ2n) is 15.5. The quantitative estimate of drug-likeness (QED) is 0.120. The van der Waals surface area contributed by atoms with Gasteiger partial charge in [0.1, 0.15) is 29.4 Å². The summed E-state index contributed by atoms with van der Waals surface area (Å²) in [5.74, 6) is 0.826. The van der Waals surface area contributed by atoms with Gasteiger partial charge in [0.25, 0.3) is 0 Å². The van der Waals surface area contributed by atoms with Crippen molar-refractivity contribution >= 4 is 34.8 Å². The lowest BCUT2D eigenvalue weighted by Gasteiger charge is -2.30. The maximum absolute atomic E-state index is 13.6. The first-order valence-corrected chi connectivity index (χ1v) is 19.7. The van der Waals surface area contributed by atoms with E-state index in [1.165, 1.54) is 14.2 Å². The van der Waals surface area contributed by atoms with Gasteiger partial charge in [-0.25, -0.2) is 19.6 Å². The maximum Gasteiger partial charge on any atom is 0.407 e. The molecule has 4 amide bonds. The number of carbonyl (C=O) groups excluding carboxylic acids is 4. The third-order valence-electron chi connectivity index (χ3n) is 11.1. The monoisotopic (exact) mass is 790 g/mol. The van der Waals surface area contributed by atoms with Crippen LogP contribution in [0.15, 0.2) is 61.2 Å². The molecule has 2 saturated heterocycles. The van der Waals surface area contributed by atoms with Gasteiger partial charge in [-0.1, -0.05) is 52.0 Å². The summed E-state index contributed by atoms with van der Waals surface area (Å²) in [6.45, 7) is 8.72. The Kier molecular flexibility index (Phi) is 11.7. The molecular formula is C42H50N10O6. The molecule has 0 bridgehead atoms. The zero-order chi connectivity index (χ0) is 41.1. The molecule has 7 rings (SSSR count). The molecule has 16 heteroatoms. The topological polar surface area (TPSA) is 200 Å². The Bertz CT molecular complexity index is 2290. The van der Waals surface area contributed by atoms with Gasteiger partial charge in [-0.15, -0.1) is 0 Å². The van der Waals surface area contributed by atoms with Crippen molar-refractivity contribution in [1.29, 1.82) is 0 Å². The van der Waals surface area contributed by atoms with Crippen molar-refractivity contribution in [3.8, 4) is 33.9 Å². The average molecular weight is 791 g/mol. The van der Waals surface area contributed by atoms with E-state index in [0.29, 0.717) is 36.1 Å². The van der Waals surface area contributed by atoms with E-state index in [1.807, 2.05) is 39.8 Å². The smallest absolute Gasteiger partial charge is 0.407 e. The molecule has 2 aliphatic heterocycles. The largest absolute Gasteiger partial charge is 0.453 e. The van der Waals surface area contributed by atoms with Crippen LogP contribution in [0.5, 0.6) is 0 Å². The first kappa shape index (κ1) is 39.9. The highest BCUT2D eigenvalue weighted by molar-refractivity contribution is 5.90. The van der Waals surface area contributed by atoms with Crippen molar-refractivity contribution in [2.45, 2.75) is 77.5 Å². The fourth-order valence-electron chi connectivity index (χ4n) is 7.86. The van der Waals surface area contributed by atoms with Crippen LogP contribution in [0.3, 0.4) is 0 Å². The van der Waals surface area contributed by atoms with E-state index >= 15 is 0 Å². The molecule has 4 N–H and O–H groups in total. The molecule has 0 radical (unpaired) electrons. The van der Waals surface area contributed by atoms with Gasteiger partial charge < -0.3 is 39.9 Å². The molecule has 2 aromatic carbocycles. The third-order valence-corrected chi connectivity index (χ3v) is 11.1. The van der Waals surface area contributed by atoms with Crippen LogP contribution in [0, 0.1) is 11.8 Å². The van der Waals surface area contributed by atoms with Gasteiger partial charge in [0.2, 0.25) is 11.8 Å². The molecule has 58 heavy (non-hydrogen) atoms. The number of H-pyrrole nitrogens is 2. The van der Waals surface area contributed by atoms with Crippen LogP contribution < -0.4 is 10.6 Å². The van der Waals surface area contributed by atoms with Crippen molar-refractivity contribution in [3.63, 3.8) is 0 Å². The van der Waals surface area contributed by atoms with Gasteiger partial charge in [-0.2, -0.15) is 0 Å². The van der Waals surface area contributed by atoms with E-state index in [0.717, 1.165) is 59.0 Å². The minimum absolute atomic E-state index is 0.112. The number of aromatic amines is 2. The fourth-order valence-corrected chi connectivity index (χ4v) is 7.86. The van der Waals surface area contributed by atoms with Gasteiger partial charge in [-0.05, 0) is 60.4 Å². The van der Waals surface area contributed by atoms with Crippen molar-refractivity contribution in [3.05, 3.63) is 72.8 Å². The van der Waals surface area contributed by atoms with Crippen LogP contribution in [0.4, 0.5) is 9.59 Å². The maximum atomic E-state index is 13.6. The van der Waals surface area contributed by atoms with E-state index in [2.05, 4.69) is 49.9 Å². The molecule has 16 nitrogen and oxygen atoms in total. The van der Waals surface area contributed by atoms with E-state index in [4.69, 9.17) is 24.4 Å². The summed E-state index contributed by atoms with van der Waals surface area (Å²) in [4.78, 5) is 80.1. The Morgan fingerprint density at radius 2 is 1.10 bits per heavy atom. The molecule has 2 unspecified atom stereocenters. The third kappa shape index (κ3) is 8.22. The number of imidazole rings is 2. The number of nitrogens with one attached hydrogen (secondary N) is 4. The Morgan fingerprint density at radius 1 is 0.638 bits per heavy atom. The van der Waals surface area contributed by atoms with Gasteiger partial charge in [0.15, 0.2) is 0 Å². The molecule has 2 aliphatic rings. The summed E-state index contributed by atoms with van der Waals surface area (Å²) in [6.07, 6.45) is 8.87. The molecule has 4 atom stereocenters. The van der Waals surface area contributed by atoms with Gasteiger partial charge in [-0.3, -0.25) is 19.6 Å². The number of carbonyl (C=O) groups is 4. The zero-order valence-electron chi connectivity index (χ0n) is 33.6. The summed E-state index contributed by atoms with van der Waals surface area (Å²) in [5, 5.41) is 7.45. The fraction of sp³-hybridized carbons (Fsp3) is 0.429. The van der Waals surface area contributed by atoms with Crippen LogP contribution in [0.2, 0.25) is 0 Å². The number of ether oxygens (including phenoxy) is 2. The number of aromatic nitrogens is 6. The number of hydrogen-bond acceptors (Lipinski definition) is 10. The summed E-state index contributed by atoms with van der Waals surface area (Å²) < 4.78 is 9.51. The lowest BCUT2D eigenvalue weighted by Crippen LogP contribution is -2.51. The number of rotatable bonds is 11. The van der Waals surface area contributed by atoms with E-state index in [-0.39, 0.29) is 35.7 Å². The highest BCUT2D eigenvalue weighted by Gasteiger charge is 2.39. The Balaban J connectivity index is 1.02. The number of hydrogen-bond donors (Lipinski definition) is 4. The summed E-state index contributed by atoms with van der Waals surface area (Å²) >= 11 is 0. The molecule has 2 fully saturated rings. The van der Waals surface area contributed by atoms with Gasteiger partial charge in [0, 0.05) is 24.2 Å². The molecule has 0 aliphatic carbocycles. The summed E-state index contributed by atoms with van der Waals surface area (Å²) in [5.41, 5.74) is 4.76. The Morgan fingerprint density at radius 3 is 1.60 bits per heavy atom. The molecule has 5 heterocycles.